The van der Waals surface area contributed by atoms with Crippen molar-refractivity contribution in [2.24, 2.45) is 0 Å². The molecule has 1 N–H and O–H groups in total. The van der Waals surface area contributed by atoms with E-state index in [1.165, 1.54) is 6.42 Å². The molecule has 0 aromatic rings. The summed E-state index contributed by atoms with van der Waals surface area (Å²) in [4.78, 5) is 0. The predicted molar refractivity (Wildman–Crippen MR) is 37.0 cm³/mol. The molecule has 0 atom stereocenters. The monoisotopic (exact) mass is 165 g/mol. The second-order valence-electron chi connectivity index (χ2n) is 1.44. The Hall–Kier alpha value is 0.440. The summed E-state index contributed by atoms with van der Waals surface area (Å²) in [5.74, 6) is 0. The van der Waals surface area contributed by atoms with Gasteiger partial charge in [-0.2, -0.15) is 0 Å². The fourth-order valence-corrected chi connectivity index (χ4v) is 0.649. The predicted octanol–water partition coefficient (Wildman–Crippen LogP) is 1.38. The van der Waals surface area contributed by atoms with Gasteiger partial charge in [-0.05, 0) is 13.0 Å². The van der Waals surface area contributed by atoms with Crippen molar-refractivity contribution in [1.29, 1.82) is 0 Å². The van der Waals surface area contributed by atoms with Gasteiger partial charge in [0.1, 0.15) is 0 Å². The number of nitrogens with one attached hydrogen (secondary N) is 1. The molecule has 0 rings (SSSR count). The van der Waals surface area contributed by atoms with Crippen LogP contribution in [-0.4, -0.2) is 18.4 Å². The van der Waals surface area contributed by atoms with Crippen molar-refractivity contribution in [3.8, 4) is 0 Å². The summed E-state index contributed by atoms with van der Waals surface area (Å²) in [5, 5.41) is 4.30. The van der Waals surface area contributed by atoms with Crippen LogP contribution in [0.1, 0.15) is 13.3 Å². The second-order valence-corrected chi connectivity index (χ2v) is 2.23. The third-order valence-corrected chi connectivity index (χ3v) is 1.09. The van der Waals surface area contributed by atoms with Crippen molar-refractivity contribution in [2.45, 2.75) is 13.3 Å². The smallest absolute Gasteiger partial charge is 0.0157 e. The Labute approximate surface area is 53.6 Å². The molecule has 2 heteroatoms. The zero-order valence-electron chi connectivity index (χ0n) is 4.71. The molecular weight excluding hydrogens is 154 g/mol. The first-order chi connectivity index (χ1) is 3.41. The van der Waals surface area contributed by atoms with Crippen LogP contribution < -0.4 is 5.32 Å². The first kappa shape index (κ1) is 7.44. The SMILES string of the molecule is CCCNCCBr. The highest BCUT2D eigenvalue weighted by atomic mass is 79.9. The molecule has 7 heavy (non-hydrogen) atoms. The quantitative estimate of drug-likeness (QED) is 0.491. The molecule has 0 saturated heterocycles. The molecule has 0 aromatic carbocycles. The summed E-state index contributed by atoms with van der Waals surface area (Å²) in [5.41, 5.74) is 0. The van der Waals surface area contributed by atoms with Gasteiger partial charge >= 0.3 is 0 Å². The lowest BCUT2D eigenvalue weighted by atomic mass is 10.5. The van der Waals surface area contributed by atoms with Crippen molar-refractivity contribution in [3.63, 3.8) is 0 Å². The highest BCUT2D eigenvalue weighted by Crippen LogP contribution is 1.74. The van der Waals surface area contributed by atoms with Crippen LogP contribution in [0.4, 0.5) is 0 Å². The Bertz CT molecular complexity index is 27.3. The van der Waals surface area contributed by atoms with E-state index >= 15 is 0 Å². The van der Waals surface area contributed by atoms with Crippen LogP contribution in [0.15, 0.2) is 0 Å². The lowest BCUT2D eigenvalue weighted by Gasteiger charge is -1.94. The second kappa shape index (κ2) is 6.44. The zero-order valence-corrected chi connectivity index (χ0v) is 6.29. The summed E-state index contributed by atoms with van der Waals surface area (Å²) in [6.07, 6.45) is 1.23. The lowest BCUT2D eigenvalue weighted by Crippen LogP contribution is -2.16. The molecule has 0 aliphatic heterocycles. The van der Waals surface area contributed by atoms with Gasteiger partial charge in [0.05, 0.1) is 0 Å². The maximum atomic E-state index is 3.32. The van der Waals surface area contributed by atoms with Crippen LogP contribution in [-0.2, 0) is 0 Å². The van der Waals surface area contributed by atoms with Gasteiger partial charge in [0.25, 0.3) is 0 Å². The Morgan fingerprint density at radius 3 is 2.57 bits per heavy atom. The van der Waals surface area contributed by atoms with E-state index in [1.807, 2.05) is 0 Å². The van der Waals surface area contributed by atoms with E-state index in [1.54, 1.807) is 0 Å². The van der Waals surface area contributed by atoms with Crippen molar-refractivity contribution in [1.82, 2.24) is 5.32 Å². The summed E-state index contributed by atoms with van der Waals surface area (Å²) >= 11 is 3.32. The maximum Gasteiger partial charge on any atom is 0.0157 e. The van der Waals surface area contributed by atoms with Crippen LogP contribution in [0.3, 0.4) is 0 Å². The van der Waals surface area contributed by atoms with Crippen LogP contribution in [0.25, 0.3) is 0 Å². The number of halogens is 1. The molecule has 0 radical (unpaired) electrons. The highest BCUT2D eigenvalue weighted by Gasteiger charge is 1.77. The van der Waals surface area contributed by atoms with Gasteiger partial charge in [0.15, 0.2) is 0 Å². The molecule has 0 amide bonds. The van der Waals surface area contributed by atoms with Gasteiger partial charge in [0, 0.05) is 11.9 Å². The number of hydrogen-bond acceptors (Lipinski definition) is 1. The largest absolute Gasteiger partial charge is 0.316 e. The van der Waals surface area contributed by atoms with Crippen LogP contribution in [0.5, 0.6) is 0 Å². The van der Waals surface area contributed by atoms with E-state index in [2.05, 4.69) is 28.2 Å². The number of alkyl halides is 1. The Balaban J connectivity index is 2.45. The molecule has 0 aliphatic carbocycles. The first-order valence-electron chi connectivity index (χ1n) is 2.68. The molecule has 0 aliphatic rings. The number of hydrogen-bond donors (Lipinski definition) is 1. The Morgan fingerprint density at radius 2 is 2.14 bits per heavy atom. The summed E-state index contributed by atoms with van der Waals surface area (Å²) < 4.78 is 0. The molecule has 0 spiro atoms. The normalized spacial score (nSPS) is 9.43. The van der Waals surface area contributed by atoms with Crippen molar-refractivity contribution >= 4 is 15.9 Å². The summed E-state index contributed by atoms with van der Waals surface area (Å²) in [6, 6.07) is 0. The minimum atomic E-state index is 1.06. The third kappa shape index (κ3) is 6.44. The molecular formula is C5H12BrN. The van der Waals surface area contributed by atoms with E-state index in [0.717, 1.165) is 18.4 Å². The molecule has 0 unspecified atom stereocenters. The Kier molecular flexibility index (Phi) is 6.84. The zero-order chi connectivity index (χ0) is 5.54. The molecule has 0 fully saturated rings. The van der Waals surface area contributed by atoms with Crippen LogP contribution in [0.2, 0.25) is 0 Å². The lowest BCUT2D eigenvalue weighted by molar-refractivity contribution is 0.709. The van der Waals surface area contributed by atoms with Crippen molar-refractivity contribution in [3.05, 3.63) is 0 Å². The summed E-state index contributed by atoms with van der Waals surface area (Å²) in [7, 11) is 0. The Morgan fingerprint density at radius 1 is 1.43 bits per heavy atom. The van der Waals surface area contributed by atoms with Gasteiger partial charge in [0.2, 0.25) is 0 Å². The van der Waals surface area contributed by atoms with E-state index in [0.29, 0.717) is 0 Å². The number of rotatable bonds is 4. The van der Waals surface area contributed by atoms with Gasteiger partial charge in [-0.15, -0.1) is 0 Å². The topological polar surface area (TPSA) is 12.0 Å². The van der Waals surface area contributed by atoms with Crippen molar-refractivity contribution in [2.75, 3.05) is 18.4 Å². The standard InChI is InChI=1S/C5H12BrN/c1-2-4-7-5-3-6/h7H,2-5H2,1H3. The highest BCUT2D eigenvalue weighted by molar-refractivity contribution is 9.09. The van der Waals surface area contributed by atoms with Crippen LogP contribution >= 0.6 is 15.9 Å². The van der Waals surface area contributed by atoms with E-state index < -0.39 is 0 Å². The average molecular weight is 166 g/mol. The van der Waals surface area contributed by atoms with Gasteiger partial charge in [-0.3, -0.25) is 0 Å². The van der Waals surface area contributed by atoms with E-state index in [-0.39, 0.29) is 0 Å². The van der Waals surface area contributed by atoms with E-state index in [4.69, 9.17) is 0 Å². The third-order valence-electron chi connectivity index (χ3n) is 0.698. The minimum absolute atomic E-state index is 1.06. The molecule has 1 nitrogen and oxygen atoms in total. The average Bonchev–Trinajstić information content (AvgIpc) is 1.69. The molecule has 0 saturated carbocycles. The molecule has 0 aromatic heterocycles. The fourth-order valence-electron chi connectivity index (χ4n) is 0.369. The van der Waals surface area contributed by atoms with Crippen LogP contribution in [0, 0.1) is 0 Å². The van der Waals surface area contributed by atoms with Gasteiger partial charge < -0.3 is 5.32 Å². The first-order valence-corrected chi connectivity index (χ1v) is 3.80. The molecule has 44 valence electrons. The summed E-state index contributed by atoms with van der Waals surface area (Å²) in [6.45, 7) is 4.40. The molecule has 0 bridgehead atoms. The maximum absolute atomic E-state index is 3.32. The van der Waals surface area contributed by atoms with E-state index in [9.17, 15) is 0 Å². The fraction of sp³-hybridized carbons (Fsp3) is 1.00. The van der Waals surface area contributed by atoms with Gasteiger partial charge in [-0.25, -0.2) is 0 Å². The van der Waals surface area contributed by atoms with Crippen molar-refractivity contribution < 1.29 is 0 Å². The molecule has 0 heterocycles. The van der Waals surface area contributed by atoms with Gasteiger partial charge in [-0.1, -0.05) is 22.9 Å². The minimum Gasteiger partial charge on any atom is -0.316 e.